The molecule has 4 nitrogen and oxygen atoms in total. The standard InChI is InChI=1S/C15H11FN2O2/c16-13-6-5-10(7-12(13)15(19)20)9-18-14-4-2-1-3-11(14)8-17-18/h1-8H,9H2,(H,19,20). The molecule has 20 heavy (non-hydrogen) atoms. The van der Waals surface area contributed by atoms with Crippen molar-refractivity contribution in [3.05, 3.63) is 65.6 Å². The highest BCUT2D eigenvalue weighted by Crippen LogP contribution is 2.16. The summed E-state index contributed by atoms with van der Waals surface area (Å²) in [5.74, 6) is -2.00. The third-order valence-corrected chi connectivity index (χ3v) is 3.14. The van der Waals surface area contributed by atoms with Gasteiger partial charge < -0.3 is 5.11 Å². The number of carboxylic acids is 1. The Morgan fingerprint density at radius 2 is 2.05 bits per heavy atom. The van der Waals surface area contributed by atoms with Crippen molar-refractivity contribution in [2.45, 2.75) is 6.54 Å². The molecule has 0 saturated carbocycles. The number of para-hydroxylation sites is 1. The molecule has 0 amide bonds. The predicted octanol–water partition coefficient (Wildman–Crippen LogP) is 2.92. The van der Waals surface area contributed by atoms with E-state index in [0.717, 1.165) is 10.9 Å². The number of halogens is 1. The average Bonchev–Trinajstić information content (AvgIpc) is 2.84. The van der Waals surface area contributed by atoms with Crippen molar-refractivity contribution in [3.8, 4) is 0 Å². The van der Waals surface area contributed by atoms with Crippen LogP contribution in [0.25, 0.3) is 10.9 Å². The largest absolute Gasteiger partial charge is 0.478 e. The fourth-order valence-corrected chi connectivity index (χ4v) is 2.16. The molecule has 3 rings (SSSR count). The summed E-state index contributed by atoms with van der Waals surface area (Å²) in [6.07, 6.45) is 1.75. The van der Waals surface area contributed by atoms with E-state index < -0.39 is 11.8 Å². The first-order chi connectivity index (χ1) is 9.65. The molecule has 0 aliphatic heterocycles. The molecule has 1 aromatic heterocycles. The Kier molecular flexibility index (Phi) is 2.95. The second-order valence-corrected chi connectivity index (χ2v) is 4.48. The van der Waals surface area contributed by atoms with E-state index in [4.69, 9.17) is 5.11 Å². The van der Waals surface area contributed by atoms with Gasteiger partial charge in [0.1, 0.15) is 5.82 Å². The molecular formula is C15H11FN2O2. The van der Waals surface area contributed by atoms with Crippen molar-refractivity contribution in [2.24, 2.45) is 0 Å². The maximum atomic E-state index is 13.3. The van der Waals surface area contributed by atoms with Crippen molar-refractivity contribution in [1.29, 1.82) is 0 Å². The molecule has 1 N–H and O–H groups in total. The van der Waals surface area contributed by atoms with Gasteiger partial charge in [0, 0.05) is 5.39 Å². The summed E-state index contributed by atoms with van der Waals surface area (Å²) < 4.78 is 15.1. The lowest BCUT2D eigenvalue weighted by Gasteiger charge is -2.06. The van der Waals surface area contributed by atoms with Gasteiger partial charge in [-0.1, -0.05) is 24.3 Å². The highest BCUT2D eigenvalue weighted by Gasteiger charge is 2.11. The van der Waals surface area contributed by atoms with Gasteiger partial charge in [-0.15, -0.1) is 0 Å². The van der Waals surface area contributed by atoms with Crippen molar-refractivity contribution < 1.29 is 14.3 Å². The zero-order valence-corrected chi connectivity index (χ0v) is 10.5. The zero-order chi connectivity index (χ0) is 14.1. The number of hydrogen-bond acceptors (Lipinski definition) is 2. The van der Waals surface area contributed by atoms with Gasteiger partial charge in [0.05, 0.1) is 23.8 Å². The van der Waals surface area contributed by atoms with Crippen LogP contribution >= 0.6 is 0 Å². The van der Waals surface area contributed by atoms with Crippen LogP contribution in [0.3, 0.4) is 0 Å². The van der Waals surface area contributed by atoms with Crippen LogP contribution in [0, 0.1) is 5.82 Å². The molecule has 5 heteroatoms. The monoisotopic (exact) mass is 270 g/mol. The second-order valence-electron chi connectivity index (χ2n) is 4.48. The molecule has 1 heterocycles. The maximum absolute atomic E-state index is 13.3. The fraction of sp³-hybridized carbons (Fsp3) is 0.0667. The Bertz CT molecular complexity index is 795. The lowest BCUT2D eigenvalue weighted by atomic mass is 10.1. The van der Waals surface area contributed by atoms with Crippen LogP contribution in [-0.2, 0) is 6.54 Å². The van der Waals surface area contributed by atoms with Crippen LogP contribution < -0.4 is 0 Å². The van der Waals surface area contributed by atoms with Gasteiger partial charge in [-0.3, -0.25) is 4.68 Å². The predicted molar refractivity (Wildman–Crippen MR) is 72.2 cm³/mol. The lowest BCUT2D eigenvalue weighted by Crippen LogP contribution is -2.05. The molecule has 0 radical (unpaired) electrons. The molecule has 0 bridgehead atoms. The summed E-state index contributed by atoms with van der Waals surface area (Å²) >= 11 is 0. The number of hydrogen-bond donors (Lipinski definition) is 1. The molecule has 2 aromatic carbocycles. The molecule has 0 spiro atoms. The van der Waals surface area contributed by atoms with E-state index in [1.165, 1.54) is 12.1 Å². The minimum Gasteiger partial charge on any atom is -0.478 e. The smallest absolute Gasteiger partial charge is 0.338 e. The fourth-order valence-electron chi connectivity index (χ4n) is 2.16. The van der Waals surface area contributed by atoms with Crippen molar-refractivity contribution in [2.75, 3.05) is 0 Å². The van der Waals surface area contributed by atoms with Crippen LogP contribution in [0.5, 0.6) is 0 Å². The summed E-state index contributed by atoms with van der Waals surface area (Å²) in [6.45, 7) is 0.397. The van der Waals surface area contributed by atoms with Crippen LogP contribution in [0.1, 0.15) is 15.9 Å². The van der Waals surface area contributed by atoms with Gasteiger partial charge in [-0.25, -0.2) is 9.18 Å². The minimum atomic E-state index is -1.27. The van der Waals surface area contributed by atoms with Crippen LogP contribution in [-0.4, -0.2) is 20.9 Å². The van der Waals surface area contributed by atoms with Crippen molar-refractivity contribution in [3.63, 3.8) is 0 Å². The van der Waals surface area contributed by atoms with Crippen LogP contribution in [0.15, 0.2) is 48.7 Å². The molecule has 100 valence electrons. The van der Waals surface area contributed by atoms with Gasteiger partial charge in [-0.2, -0.15) is 5.10 Å². The first-order valence-corrected chi connectivity index (χ1v) is 6.07. The average molecular weight is 270 g/mol. The van der Waals surface area contributed by atoms with E-state index in [0.29, 0.717) is 12.1 Å². The molecular weight excluding hydrogens is 259 g/mol. The van der Waals surface area contributed by atoms with Gasteiger partial charge in [-0.05, 0) is 23.8 Å². The molecule has 0 saturated heterocycles. The third-order valence-electron chi connectivity index (χ3n) is 3.14. The number of benzene rings is 2. The number of carboxylic acid groups (broad SMARTS) is 1. The first kappa shape index (κ1) is 12.3. The summed E-state index contributed by atoms with van der Waals surface area (Å²) in [6, 6.07) is 11.8. The topological polar surface area (TPSA) is 55.1 Å². The number of aromatic carboxylic acids is 1. The number of fused-ring (bicyclic) bond motifs is 1. The Labute approximate surface area is 114 Å². The summed E-state index contributed by atoms with van der Waals surface area (Å²) in [5.41, 5.74) is 1.32. The zero-order valence-electron chi connectivity index (χ0n) is 10.5. The number of nitrogens with zero attached hydrogens (tertiary/aromatic N) is 2. The molecule has 3 aromatic rings. The van der Waals surface area contributed by atoms with E-state index in [-0.39, 0.29) is 5.56 Å². The Hall–Kier alpha value is -2.69. The Balaban J connectivity index is 1.99. The SMILES string of the molecule is O=C(O)c1cc(Cn2ncc3ccccc32)ccc1F. The summed E-state index contributed by atoms with van der Waals surface area (Å²) in [7, 11) is 0. The van der Waals surface area contributed by atoms with E-state index >= 15 is 0 Å². The number of aromatic nitrogens is 2. The van der Waals surface area contributed by atoms with Crippen LogP contribution in [0.4, 0.5) is 4.39 Å². The normalized spacial score (nSPS) is 10.8. The molecule has 0 fully saturated rings. The van der Waals surface area contributed by atoms with E-state index in [9.17, 15) is 9.18 Å². The van der Waals surface area contributed by atoms with Gasteiger partial charge >= 0.3 is 5.97 Å². The summed E-state index contributed by atoms with van der Waals surface area (Å²) in [4.78, 5) is 10.9. The van der Waals surface area contributed by atoms with E-state index in [1.807, 2.05) is 24.3 Å². The molecule has 0 atom stereocenters. The van der Waals surface area contributed by atoms with Gasteiger partial charge in [0.15, 0.2) is 0 Å². The summed E-state index contributed by atoms with van der Waals surface area (Å²) in [5, 5.41) is 14.2. The number of carbonyl (C=O) groups is 1. The molecule has 0 unspecified atom stereocenters. The molecule has 0 aliphatic carbocycles. The Morgan fingerprint density at radius 3 is 2.85 bits per heavy atom. The first-order valence-electron chi connectivity index (χ1n) is 6.07. The van der Waals surface area contributed by atoms with Gasteiger partial charge in [0.2, 0.25) is 0 Å². The van der Waals surface area contributed by atoms with E-state index in [2.05, 4.69) is 5.10 Å². The van der Waals surface area contributed by atoms with Crippen molar-refractivity contribution >= 4 is 16.9 Å². The van der Waals surface area contributed by atoms with Crippen LogP contribution in [0.2, 0.25) is 0 Å². The maximum Gasteiger partial charge on any atom is 0.338 e. The molecule has 0 aliphatic rings. The highest BCUT2D eigenvalue weighted by molar-refractivity contribution is 5.88. The highest BCUT2D eigenvalue weighted by atomic mass is 19.1. The van der Waals surface area contributed by atoms with Crippen molar-refractivity contribution in [1.82, 2.24) is 9.78 Å². The number of rotatable bonds is 3. The quantitative estimate of drug-likeness (QED) is 0.796. The second kappa shape index (κ2) is 4.77. The lowest BCUT2D eigenvalue weighted by molar-refractivity contribution is 0.0691. The van der Waals surface area contributed by atoms with Gasteiger partial charge in [0.25, 0.3) is 0 Å². The minimum absolute atomic E-state index is 0.320. The van der Waals surface area contributed by atoms with E-state index in [1.54, 1.807) is 16.9 Å². The third kappa shape index (κ3) is 2.14. The Morgan fingerprint density at radius 1 is 1.25 bits per heavy atom.